The van der Waals surface area contributed by atoms with Crippen LogP contribution in [0.4, 0.5) is 0 Å². The average molecular weight is 188 g/mol. The first-order chi connectivity index (χ1) is 5.86. The van der Waals surface area contributed by atoms with Gasteiger partial charge in [0.25, 0.3) is 0 Å². The second-order valence-electron chi connectivity index (χ2n) is 3.58. The number of carbonyl (C=O) groups is 2. The summed E-state index contributed by atoms with van der Waals surface area (Å²) in [5.74, 6) is -2.81. The average Bonchev–Trinajstić information content (AvgIpc) is 2.02. The van der Waals surface area contributed by atoms with Crippen molar-refractivity contribution in [3.05, 3.63) is 0 Å². The molecule has 3 unspecified atom stereocenters. The highest BCUT2D eigenvalue weighted by molar-refractivity contribution is 5.71. The number of rotatable bonds is 5. The Morgan fingerprint density at radius 3 is 1.85 bits per heavy atom. The van der Waals surface area contributed by atoms with Crippen LogP contribution in [0.1, 0.15) is 27.2 Å². The van der Waals surface area contributed by atoms with Gasteiger partial charge in [0.1, 0.15) is 0 Å². The summed E-state index contributed by atoms with van der Waals surface area (Å²) in [7, 11) is 0. The zero-order valence-corrected chi connectivity index (χ0v) is 8.15. The zero-order chi connectivity index (χ0) is 10.6. The molecule has 13 heavy (non-hydrogen) atoms. The molecule has 0 aliphatic carbocycles. The molecule has 3 atom stereocenters. The zero-order valence-electron chi connectivity index (χ0n) is 8.15. The van der Waals surface area contributed by atoms with Gasteiger partial charge in [0, 0.05) is 0 Å². The largest absolute Gasteiger partial charge is 0.481 e. The molecule has 0 aromatic carbocycles. The Balaban J connectivity index is 4.06. The standard InChI is InChI=1S/C9H16O4/c1-5(7(3)9(12)13)4-6(2)8(10)11/h5-7H,4H2,1-3H3,(H,10,11)(H,12,13). The Hall–Kier alpha value is -1.06. The van der Waals surface area contributed by atoms with Crippen LogP contribution >= 0.6 is 0 Å². The highest BCUT2D eigenvalue weighted by Gasteiger charge is 2.23. The summed E-state index contributed by atoms with van der Waals surface area (Å²) in [5.41, 5.74) is 0. The lowest BCUT2D eigenvalue weighted by molar-refractivity contribution is -0.145. The lowest BCUT2D eigenvalue weighted by Crippen LogP contribution is -2.22. The molecule has 4 heteroatoms. The van der Waals surface area contributed by atoms with Crippen molar-refractivity contribution in [2.24, 2.45) is 17.8 Å². The van der Waals surface area contributed by atoms with Gasteiger partial charge in [0.05, 0.1) is 11.8 Å². The van der Waals surface area contributed by atoms with Crippen LogP contribution in [0.15, 0.2) is 0 Å². The molecular formula is C9H16O4. The third-order valence-corrected chi connectivity index (χ3v) is 2.39. The summed E-state index contributed by atoms with van der Waals surface area (Å²) < 4.78 is 0. The lowest BCUT2D eigenvalue weighted by Gasteiger charge is -2.17. The van der Waals surface area contributed by atoms with Crippen LogP contribution in [0.25, 0.3) is 0 Å². The fourth-order valence-corrected chi connectivity index (χ4v) is 1.11. The topological polar surface area (TPSA) is 74.6 Å². The van der Waals surface area contributed by atoms with E-state index in [4.69, 9.17) is 10.2 Å². The predicted molar refractivity (Wildman–Crippen MR) is 47.4 cm³/mol. The Morgan fingerprint density at radius 1 is 1.08 bits per heavy atom. The van der Waals surface area contributed by atoms with E-state index in [1.165, 1.54) is 0 Å². The van der Waals surface area contributed by atoms with Crippen LogP contribution in [0.3, 0.4) is 0 Å². The maximum Gasteiger partial charge on any atom is 0.306 e. The van der Waals surface area contributed by atoms with Crippen molar-refractivity contribution in [1.29, 1.82) is 0 Å². The van der Waals surface area contributed by atoms with Gasteiger partial charge in [-0.15, -0.1) is 0 Å². The van der Waals surface area contributed by atoms with Gasteiger partial charge < -0.3 is 10.2 Å². The summed E-state index contributed by atoms with van der Waals surface area (Å²) in [4.78, 5) is 21.0. The third kappa shape index (κ3) is 3.92. The maximum absolute atomic E-state index is 10.5. The van der Waals surface area contributed by atoms with E-state index in [2.05, 4.69) is 0 Å². The van der Waals surface area contributed by atoms with Gasteiger partial charge >= 0.3 is 11.9 Å². The first kappa shape index (κ1) is 11.9. The third-order valence-electron chi connectivity index (χ3n) is 2.39. The Kier molecular flexibility index (Phi) is 4.45. The number of carboxylic acid groups (broad SMARTS) is 2. The van der Waals surface area contributed by atoms with E-state index in [1.54, 1.807) is 20.8 Å². The number of hydrogen-bond donors (Lipinski definition) is 2. The number of carboxylic acids is 2. The van der Waals surface area contributed by atoms with Gasteiger partial charge in [-0.1, -0.05) is 20.8 Å². The summed E-state index contributed by atoms with van der Waals surface area (Å²) >= 11 is 0. The van der Waals surface area contributed by atoms with E-state index >= 15 is 0 Å². The van der Waals surface area contributed by atoms with E-state index in [-0.39, 0.29) is 5.92 Å². The molecule has 0 bridgehead atoms. The van der Waals surface area contributed by atoms with E-state index in [1.807, 2.05) is 0 Å². The maximum atomic E-state index is 10.5. The fourth-order valence-electron chi connectivity index (χ4n) is 1.11. The highest BCUT2D eigenvalue weighted by atomic mass is 16.4. The van der Waals surface area contributed by atoms with Crippen LogP contribution in [0, 0.1) is 17.8 Å². The van der Waals surface area contributed by atoms with E-state index in [0.717, 1.165) is 0 Å². The van der Waals surface area contributed by atoms with Crippen molar-refractivity contribution < 1.29 is 19.8 Å². The number of hydrogen-bond acceptors (Lipinski definition) is 2. The van der Waals surface area contributed by atoms with Gasteiger partial charge in [-0.2, -0.15) is 0 Å². The lowest BCUT2D eigenvalue weighted by atomic mass is 9.87. The Morgan fingerprint density at radius 2 is 1.54 bits per heavy atom. The van der Waals surface area contributed by atoms with Crippen molar-refractivity contribution in [3.8, 4) is 0 Å². The molecule has 0 amide bonds. The molecule has 0 saturated heterocycles. The number of aliphatic carboxylic acids is 2. The summed E-state index contributed by atoms with van der Waals surface area (Å²) in [5, 5.41) is 17.3. The molecule has 0 aromatic heterocycles. The first-order valence-electron chi connectivity index (χ1n) is 4.31. The predicted octanol–water partition coefficient (Wildman–Crippen LogP) is 1.45. The van der Waals surface area contributed by atoms with E-state index in [9.17, 15) is 9.59 Å². The molecule has 0 heterocycles. The molecule has 0 aliphatic heterocycles. The quantitative estimate of drug-likeness (QED) is 0.684. The molecule has 0 aromatic rings. The molecule has 0 saturated carbocycles. The molecule has 2 N–H and O–H groups in total. The van der Waals surface area contributed by atoms with Crippen LogP contribution in [-0.2, 0) is 9.59 Å². The first-order valence-corrected chi connectivity index (χ1v) is 4.31. The minimum absolute atomic E-state index is 0.108. The van der Waals surface area contributed by atoms with Crippen molar-refractivity contribution in [3.63, 3.8) is 0 Å². The normalized spacial score (nSPS) is 17.5. The molecule has 0 rings (SSSR count). The molecule has 4 nitrogen and oxygen atoms in total. The van der Waals surface area contributed by atoms with E-state index < -0.39 is 23.8 Å². The summed E-state index contributed by atoms with van der Waals surface area (Å²) in [6.07, 6.45) is 0.406. The smallest absolute Gasteiger partial charge is 0.306 e. The summed E-state index contributed by atoms with van der Waals surface area (Å²) in [6, 6.07) is 0. The summed E-state index contributed by atoms with van der Waals surface area (Å²) in [6.45, 7) is 4.95. The van der Waals surface area contributed by atoms with Crippen molar-refractivity contribution in [2.75, 3.05) is 0 Å². The molecule has 0 radical (unpaired) electrons. The van der Waals surface area contributed by atoms with Crippen molar-refractivity contribution in [2.45, 2.75) is 27.2 Å². The van der Waals surface area contributed by atoms with Crippen LogP contribution in [-0.4, -0.2) is 22.2 Å². The second-order valence-corrected chi connectivity index (χ2v) is 3.58. The molecular weight excluding hydrogens is 172 g/mol. The van der Waals surface area contributed by atoms with Crippen molar-refractivity contribution in [1.82, 2.24) is 0 Å². The SMILES string of the molecule is CC(CC(C)C(C)C(=O)O)C(=O)O. The monoisotopic (exact) mass is 188 g/mol. The van der Waals surface area contributed by atoms with Gasteiger partial charge in [-0.05, 0) is 12.3 Å². The minimum Gasteiger partial charge on any atom is -0.481 e. The van der Waals surface area contributed by atoms with Crippen LogP contribution in [0.5, 0.6) is 0 Å². The van der Waals surface area contributed by atoms with Gasteiger partial charge in [0.2, 0.25) is 0 Å². The highest BCUT2D eigenvalue weighted by Crippen LogP contribution is 2.20. The molecule has 76 valence electrons. The minimum atomic E-state index is -0.871. The van der Waals surface area contributed by atoms with Crippen molar-refractivity contribution >= 4 is 11.9 Å². The Bertz CT molecular complexity index is 200. The van der Waals surface area contributed by atoms with Crippen LogP contribution in [0.2, 0.25) is 0 Å². The fraction of sp³-hybridized carbons (Fsp3) is 0.778. The molecule has 0 fully saturated rings. The second kappa shape index (κ2) is 4.84. The Labute approximate surface area is 77.6 Å². The van der Waals surface area contributed by atoms with Gasteiger partial charge in [0.15, 0.2) is 0 Å². The van der Waals surface area contributed by atoms with Crippen LogP contribution < -0.4 is 0 Å². The van der Waals surface area contributed by atoms with Gasteiger partial charge in [-0.25, -0.2) is 0 Å². The molecule has 0 aliphatic rings. The molecule has 0 spiro atoms. The van der Waals surface area contributed by atoms with Gasteiger partial charge in [-0.3, -0.25) is 9.59 Å². The van der Waals surface area contributed by atoms with E-state index in [0.29, 0.717) is 6.42 Å².